The molecule has 146 valence electrons. The van der Waals surface area contributed by atoms with Crippen molar-refractivity contribution < 1.29 is 14.4 Å². The van der Waals surface area contributed by atoms with Crippen molar-refractivity contribution in [2.45, 2.75) is 20.3 Å². The molecule has 1 fully saturated rings. The summed E-state index contributed by atoms with van der Waals surface area (Å²) in [5, 5.41) is 2.81. The Morgan fingerprint density at radius 2 is 1.71 bits per heavy atom. The van der Waals surface area contributed by atoms with Crippen molar-refractivity contribution in [3.8, 4) is 0 Å². The number of amides is 3. The standard InChI is InChI=1S/C22H25N3O3/c1-16-8-9-19(14-17(16)2)25-13-12-24(21(27)22(25)28)15-20(26)23-11-10-18-6-4-3-5-7-18/h3-9,14H,10-13,15H2,1-2H3,(H,23,26). The van der Waals surface area contributed by atoms with E-state index in [4.69, 9.17) is 0 Å². The number of anilines is 1. The van der Waals surface area contributed by atoms with Gasteiger partial charge in [-0.05, 0) is 49.1 Å². The van der Waals surface area contributed by atoms with Crippen LogP contribution in [0.25, 0.3) is 0 Å². The zero-order valence-corrected chi connectivity index (χ0v) is 16.3. The van der Waals surface area contributed by atoms with Crippen LogP contribution >= 0.6 is 0 Å². The fourth-order valence-corrected chi connectivity index (χ4v) is 3.19. The van der Waals surface area contributed by atoms with Gasteiger partial charge in [0.2, 0.25) is 5.91 Å². The Kier molecular flexibility index (Phi) is 6.09. The Morgan fingerprint density at radius 3 is 2.43 bits per heavy atom. The van der Waals surface area contributed by atoms with Crippen molar-refractivity contribution >= 4 is 23.4 Å². The highest BCUT2D eigenvalue weighted by Crippen LogP contribution is 2.21. The van der Waals surface area contributed by atoms with Crippen LogP contribution in [0, 0.1) is 13.8 Å². The predicted molar refractivity (Wildman–Crippen MR) is 108 cm³/mol. The number of benzene rings is 2. The topological polar surface area (TPSA) is 69.7 Å². The summed E-state index contributed by atoms with van der Waals surface area (Å²) in [5.74, 6) is -1.48. The number of nitrogens with one attached hydrogen (secondary N) is 1. The number of hydrogen-bond acceptors (Lipinski definition) is 3. The molecule has 0 aromatic heterocycles. The van der Waals surface area contributed by atoms with Gasteiger partial charge in [0.1, 0.15) is 6.54 Å². The Hall–Kier alpha value is -3.15. The molecule has 1 heterocycles. The first kappa shape index (κ1) is 19.6. The second-order valence-electron chi connectivity index (χ2n) is 7.04. The zero-order chi connectivity index (χ0) is 20.1. The van der Waals surface area contributed by atoms with E-state index >= 15 is 0 Å². The minimum absolute atomic E-state index is 0.0971. The quantitative estimate of drug-likeness (QED) is 0.779. The molecule has 0 saturated carbocycles. The van der Waals surface area contributed by atoms with E-state index in [2.05, 4.69) is 5.32 Å². The molecule has 2 aromatic carbocycles. The van der Waals surface area contributed by atoms with Crippen LogP contribution in [0.5, 0.6) is 0 Å². The lowest BCUT2D eigenvalue weighted by Crippen LogP contribution is -2.56. The van der Waals surface area contributed by atoms with Crippen LogP contribution in [0.2, 0.25) is 0 Å². The summed E-state index contributed by atoms with van der Waals surface area (Å²) in [4.78, 5) is 39.9. The lowest BCUT2D eigenvalue weighted by atomic mass is 10.1. The van der Waals surface area contributed by atoms with Crippen LogP contribution in [-0.4, -0.2) is 48.8 Å². The number of hydrogen-bond donors (Lipinski definition) is 1. The first-order chi connectivity index (χ1) is 13.5. The van der Waals surface area contributed by atoms with Gasteiger partial charge < -0.3 is 15.1 Å². The zero-order valence-electron chi connectivity index (χ0n) is 16.3. The van der Waals surface area contributed by atoms with E-state index in [-0.39, 0.29) is 12.5 Å². The highest BCUT2D eigenvalue weighted by molar-refractivity contribution is 6.41. The molecule has 6 nitrogen and oxygen atoms in total. The maximum absolute atomic E-state index is 12.5. The first-order valence-electron chi connectivity index (χ1n) is 9.44. The van der Waals surface area contributed by atoms with Gasteiger partial charge in [-0.2, -0.15) is 0 Å². The molecule has 6 heteroatoms. The van der Waals surface area contributed by atoms with Crippen molar-refractivity contribution in [3.63, 3.8) is 0 Å². The molecule has 1 aliphatic rings. The third kappa shape index (κ3) is 4.57. The van der Waals surface area contributed by atoms with Gasteiger partial charge in [0.05, 0.1) is 0 Å². The van der Waals surface area contributed by atoms with E-state index in [9.17, 15) is 14.4 Å². The van der Waals surface area contributed by atoms with Crippen molar-refractivity contribution in [1.29, 1.82) is 0 Å². The van der Waals surface area contributed by atoms with E-state index in [1.54, 1.807) is 0 Å². The first-order valence-corrected chi connectivity index (χ1v) is 9.44. The number of carbonyl (C=O) groups is 3. The van der Waals surface area contributed by atoms with Gasteiger partial charge in [-0.25, -0.2) is 0 Å². The molecule has 2 aromatic rings. The van der Waals surface area contributed by atoms with Gasteiger partial charge in [0.15, 0.2) is 0 Å². The van der Waals surface area contributed by atoms with Gasteiger partial charge in [-0.3, -0.25) is 14.4 Å². The molecule has 0 bridgehead atoms. The second kappa shape index (κ2) is 8.69. The second-order valence-corrected chi connectivity index (χ2v) is 7.04. The van der Waals surface area contributed by atoms with Crippen LogP contribution in [-0.2, 0) is 20.8 Å². The number of nitrogens with zero attached hydrogens (tertiary/aromatic N) is 2. The summed E-state index contributed by atoms with van der Waals surface area (Å²) in [6, 6.07) is 15.6. The normalized spacial score (nSPS) is 14.4. The Labute approximate surface area is 165 Å². The third-order valence-electron chi connectivity index (χ3n) is 5.02. The van der Waals surface area contributed by atoms with E-state index < -0.39 is 11.8 Å². The molecule has 28 heavy (non-hydrogen) atoms. The molecule has 0 atom stereocenters. The van der Waals surface area contributed by atoms with Crippen LogP contribution in [0.1, 0.15) is 16.7 Å². The average molecular weight is 379 g/mol. The molecule has 0 aliphatic carbocycles. The summed E-state index contributed by atoms with van der Waals surface area (Å²) in [6.45, 7) is 5.09. The minimum atomic E-state index is -0.636. The maximum atomic E-state index is 12.5. The van der Waals surface area contributed by atoms with Crippen LogP contribution in [0.15, 0.2) is 48.5 Å². The summed E-state index contributed by atoms with van der Waals surface area (Å²) in [7, 11) is 0. The van der Waals surface area contributed by atoms with Gasteiger partial charge in [0.25, 0.3) is 0 Å². The van der Waals surface area contributed by atoms with Gasteiger partial charge in [0, 0.05) is 25.3 Å². The van der Waals surface area contributed by atoms with Gasteiger partial charge in [-0.15, -0.1) is 0 Å². The number of piperazine rings is 1. The van der Waals surface area contributed by atoms with Crippen LogP contribution in [0.3, 0.4) is 0 Å². The van der Waals surface area contributed by atoms with Crippen LogP contribution in [0.4, 0.5) is 5.69 Å². The fraction of sp³-hybridized carbons (Fsp3) is 0.318. The molecule has 3 rings (SSSR count). The molecular formula is C22H25N3O3. The average Bonchev–Trinajstić information content (AvgIpc) is 2.69. The molecule has 1 N–H and O–H groups in total. The Morgan fingerprint density at radius 1 is 0.964 bits per heavy atom. The molecular weight excluding hydrogens is 354 g/mol. The SMILES string of the molecule is Cc1ccc(N2CCN(CC(=O)NCCc3ccccc3)C(=O)C2=O)cc1C. The number of rotatable bonds is 6. The molecule has 0 spiro atoms. The van der Waals surface area contributed by atoms with E-state index in [1.807, 2.05) is 62.4 Å². The van der Waals surface area contributed by atoms with Crippen molar-refractivity contribution in [2.75, 3.05) is 31.1 Å². The predicted octanol–water partition coefficient (Wildman–Crippen LogP) is 1.84. The third-order valence-corrected chi connectivity index (χ3v) is 5.02. The fourth-order valence-electron chi connectivity index (χ4n) is 3.19. The maximum Gasteiger partial charge on any atom is 0.316 e. The van der Waals surface area contributed by atoms with Gasteiger partial charge >= 0.3 is 11.8 Å². The Bertz CT molecular complexity index is 880. The summed E-state index contributed by atoms with van der Waals surface area (Å²) in [5.41, 5.74) is 4.05. The lowest BCUT2D eigenvalue weighted by molar-refractivity contribution is -0.147. The van der Waals surface area contributed by atoms with Crippen molar-refractivity contribution in [1.82, 2.24) is 10.2 Å². The summed E-state index contributed by atoms with van der Waals surface area (Å²) >= 11 is 0. The molecule has 1 saturated heterocycles. The molecule has 1 aliphatic heterocycles. The lowest BCUT2D eigenvalue weighted by Gasteiger charge is -2.33. The largest absolute Gasteiger partial charge is 0.354 e. The number of carbonyl (C=O) groups excluding carboxylic acids is 3. The van der Waals surface area contributed by atoms with E-state index in [0.29, 0.717) is 25.3 Å². The molecule has 3 amide bonds. The highest BCUT2D eigenvalue weighted by Gasteiger charge is 2.34. The number of aryl methyl sites for hydroxylation is 2. The summed E-state index contributed by atoms with van der Waals surface area (Å²) in [6.07, 6.45) is 0.722. The Balaban J connectivity index is 1.52. The highest BCUT2D eigenvalue weighted by atomic mass is 16.2. The monoisotopic (exact) mass is 379 g/mol. The van der Waals surface area contributed by atoms with E-state index in [0.717, 1.165) is 23.1 Å². The van der Waals surface area contributed by atoms with Gasteiger partial charge in [-0.1, -0.05) is 36.4 Å². The minimum Gasteiger partial charge on any atom is -0.354 e. The summed E-state index contributed by atoms with van der Waals surface area (Å²) < 4.78 is 0. The molecule has 0 radical (unpaired) electrons. The van der Waals surface area contributed by atoms with Crippen molar-refractivity contribution in [3.05, 3.63) is 65.2 Å². The van der Waals surface area contributed by atoms with Crippen LogP contribution < -0.4 is 10.2 Å². The molecule has 0 unspecified atom stereocenters. The smallest absolute Gasteiger partial charge is 0.316 e. The van der Waals surface area contributed by atoms with E-state index in [1.165, 1.54) is 9.80 Å². The van der Waals surface area contributed by atoms with Crippen molar-refractivity contribution in [2.24, 2.45) is 0 Å².